The number of nitrogens with zero attached hydrogens (tertiary/aromatic N) is 3. The Hall–Kier alpha value is -1.98. The average molecular weight is 381 g/mol. The molecule has 2 N–H and O–H groups in total. The van der Waals surface area contributed by atoms with Crippen LogP contribution in [0.4, 0.5) is 5.82 Å². The minimum absolute atomic E-state index is 0.206. The third-order valence-corrected chi connectivity index (χ3v) is 7.11. The van der Waals surface area contributed by atoms with Gasteiger partial charge in [-0.2, -0.15) is 0 Å². The maximum atomic E-state index is 6.28. The highest BCUT2D eigenvalue weighted by Crippen LogP contribution is 2.34. The van der Waals surface area contributed by atoms with Gasteiger partial charge in [0.15, 0.2) is 0 Å². The van der Waals surface area contributed by atoms with Gasteiger partial charge < -0.3 is 5.73 Å². The molecule has 3 aromatic rings. The summed E-state index contributed by atoms with van der Waals surface area (Å²) in [6.45, 7) is 8.65. The highest BCUT2D eigenvalue weighted by Gasteiger charge is 2.26. The minimum Gasteiger partial charge on any atom is -0.383 e. The number of likely N-dealkylation sites (tertiary alicyclic amines) is 1. The van der Waals surface area contributed by atoms with Crippen LogP contribution < -0.4 is 5.73 Å². The monoisotopic (exact) mass is 380 g/mol. The normalized spacial score (nSPS) is 17.4. The number of thiophene rings is 1. The fourth-order valence-corrected chi connectivity index (χ4v) is 5.18. The van der Waals surface area contributed by atoms with Crippen LogP contribution in [-0.2, 0) is 6.42 Å². The van der Waals surface area contributed by atoms with E-state index in [0.29, 0.717) is 5.82 Å². The lowest BCUT2D eigenvalue weighted by molar-refractivity contribution is 0.136. The molecule has 1 aliphatic heterocycles. The molecule has 0 amide bonds. The van der Waals surface area contributed by atoms with Crippen molar-refractivity contribution in [3.05, 3.63) is 52.2 Å². The number of nitrogen functional groups attached to an aromatic ring is 1. The summed E-state index contributed by atoms with van der Waals surface area (Å²) in [6.07, 6.45) is 3.65. The summed E-state index contributed by atoms with van der Waals surface area (Å²) in [6, 6.07) is 11.1. The van der Waals surface area contributed by atoms with Gasteiger partial charge in [0, 0.05) is 4.88 Å². The Morgan fingerprint density at radius 2 is 1.85 bits per heavy atom. The number of fused-ring (bicyclic) bond motifs is 1. The summed E-state index contributed by atoms with van der Waals surface area (Å²) < 4.78 is 0. The van der Waals surface area contributed by atoms with E-state index < -0.39 is 0 Å². The van der Waals surface area contributed by atoms with E-state index in [4.69, 9.17) is 10.7 Å². The molecule has 27 heavy (non-hydrogen) atoms. The van der Waals surface area contributed by atoms with Crippen LogP contribution in [0.1, 0.15) is 47.6 Å². The smallest absolute Gasteiger partial charge is 0.149 e. The van der Waals surface area contributed by atoms with E-state index in [1.54, 1.807) is 11.3 Å². The highest BCUT2D eigenvalue weighted by atomic mass is 32.1. The van der Waals surface area contributed by atoms with Crippen LogP contribution in [0.3, 0.4) is 0 Å². The first kappa shape index (κ1) is 18.4. The quantitative estimate of drug-likeness (QED) is 0.699. The zero-order valence-electron chi connectivity index (χ0n) is 16.4. The maximum absolute atomic E-state index is 6.28. The van der Waals surface area contributed by atoms with Gasteiger partial charge in [-0.05, 0) is 70.2 Å². The van der Waals surface area contributed by atoms with Crippen LogP contribution in [0.25, 0.3) is 10.2 Å². The van der Waals surface area contributed by atoms with Crippen molar-refractivity contribution in [3.8, 4) is 0 Å². The Morgan fingerprint density at radius 3 is 2.56 bits per heavy atom. The van der Waals surface area contributed by atoms with Gasteiger partial charge in [-0.25, -0.2) is 9.97 Å². The van der Waals surface area contributed by atoms with Crippen molar-refractivity contribution in [3.63, 3.8) is 0 Å². The molecule has 0 saturated carbocycles. The van der Waals surface area contributed by atoms with E-state index in [1.165, 1.54) is 35.3 Å². The number of aryl methyl sites for hydroxylation is 2. The minimum atomic E-state index is 0.206. The van der Waals surface area contributed by atoms with Gasteiger partial charge in [0.25, 0.3) is 0 Å². The number of hydrogen-bond acceptors (Lipinski definition) is 5. The van der Waals surface area contributed by atoms with E-state index >= 15 is 0 Å². The first-order chi connectivity index (χ1) is 13.0. The second-order valence-corrected chi connectivity index (χ2v) is 8.98. The molecular weight excluding hydrogens is 352 g/mol. The van der Waals surface area contributed by atoms with Gasteiger partial charge in [-0.15, -0.1) is 11.3 Å². The Balaban J connectivity index is 1.45. The standard InChI is InChI=1S/C22H28N4S/c1-14-16(3)27-22-19(14)20(23)24-21(25-22)15(2)26-11-9-18(10-12-26)13-17-7-5-4-6-8-17/h4-8,15,18H,9-13H2,1-3H3,(H2,23,24,25). The van der Waals surface area contributed by atoms with Crippen molar-refractivity contribution >= 4 is 27.4 Å². The van der Waals surface area contributed by atoms with Crippen molar-refractivity contribution in [2.24, 2.45) is 5.92 Å². The van der Waals surface area contributed by atoms with Crippen molar-refractivity contribution < 1.29 is 0 Å². The summed E-state index contributed by atoms with van der Waals surface area (Å²) in [5.41, 5.74) is 8.95. The van der Waals surface area contributed by atoms with Gasteiger partial charge in [0.1, 0.15) is 16.5 Å². The van der Waals surface area contributed by atoms with Crippen molar-refractivity contribution in [1.29, 1.82) is 0 Å². The fraction of sp³-hybridized carbons (Fsp3) is 0.455. The van der Waals surface area contributed by atoms with Crippen LogP contribution in [0.15, 0.2) is 30.3 Å². The predicted octanol–water partition coefficient (Wildman–Crippen LogP) is 4.91. The van der Waals surface area contributed by atoms with E-state index in [0.717, 1.165) is 35.0 Å². The van der Waals surface area contributed by atoms with E-state index in [9.17, 15) is 0 Å². The molecule has 3 heterocycles. The molecule has 142 valence electrons. The molecule has 0 spiro atoms. The van der Waals surface area contributed by atoms with Crippen LogP contribution in [-0.4, -0.2) is 28.0 Å². The Labute approximate surface area is 165 Å². The molecule has 1 saturated heterocycles. The summed E-state index contributed by atoms with van der Waals surface area (Å²) in [7, 11) is 0. The first-order valence-corrected chi connectivity index (χ1v) is 10.7. The Bertz CT molecular complexity index is 926. The van der Waals surface area contributed by atoms with Crippen LogP contribution in [0.2, 0.25) is 0 Å². The SMILES string of the molecule is Cc1sc2nc(C(C)N3CCC(Cc4ccccc4)CC3)nc(N)c2c1C. The molecule has 0 aliphatic carbocycles. The van der Waals surface area contributed by atoms with E-state index in [2.05, 4.69) is 61.0 Å². The summed E-state index contributed by atoms with van der Waals surface area (Å²) >= 11 is 1.72. The van der Waals surface area contributed by atoms with Crippen LogP contribution in [0, 0.1) is 19.8 Å². The number of piperidine rings is 1. The number of rotatable bonds is 4. The summed E-state index contributed by atoms with van der Waals surface area (Å²) in [5, 5.41) is 1.04. The topological polar surface area (TPSA) is 55.0 Å². The van der Waals surface area contributed by atoms with Crippen molar-refractivity contribution in [2.75, 3.05) is 18.8 Å². The lowest BCUT2D eigenvalue weighted by Crippen LogP contribution is -2.36. The molecule has 5 heteroatoms. The largest absolute Gasteiger partial charge is 0.383 e. The third-order valence-electron chi connectivity index (χ3n) is 6.01. The number of anilines is 1. The zero-order chi connectivity index (χ0) is 19.0. The number of aromatic nitrogens is 2. The molecule has 2 aromatic heterocycles. The molecule has 1 aromatic carbocycles. The third kappa shape index (κ3) is 3.71. The molecule has 0 bridgehead atoms. The van der Waals surface area contributed by atoms with Crippen LogP contribution in [0.5, 0.6) is 0 Å². The number of benzene rings is 1. The van der Waals surface area contributed by atoms with Crippen molar-refractivity contribution in [1.82, 2.24) is 14.9 Å². The van der Waals surface area contributed by atoms with Crippen molar-refractivity contribution in [2.45, 2.75) is 46.1 Å². The molecule has 0 radical (unpaired) electrons. The van der Waals surface area contributed by atoms with Crippen LogP contribution >= 0.6 is 11.3 Å². The van der Waals surface area contributed by atoms with Gasteiger partial charge >= 0.3 is 0 Å². The zero-order valence-corrected chi connectivity index (χ0v) is 17.2. The van der Waals surface area contributed by atoms with Gasteiger partial charge in [-0.1, -0.05) is 30.3 Å². The molecule has 1 unspecified atom stereocenters. The number of nitrogens with two attached hydrogens (primary N) is 1. The second-order valence-electron chi connectivity index (χ2n) is 7.78. The van der Waals surface area contributed by atoms with Gasteiger partial charge in [-0.3, -0.25) is 4.90 Å². The molecular formula is C22H28N4S. The molecule has 4 rings (SSSR count). The van der Waals surface area contributed by atoms with E-state index in [-0.39, 0.29) is 6.04 Å². The molecule has 1 atom stereocenters. The molecule has 1 fully saturated rings. The first-order valence-electron chi connectivity index (χ1n) is 9.84. The fourth-order valence-electron chi connectivity index (χ4n) is 4.14. The summed E-state index contributed by atoms with van der Waals surface area (Å²) in [4.78, 5) is 14.3. The maximum Gasteiger partial charge on any atom is 0.149 e. The summed E-state index contributed by atoms with van der Waals surface area (Å²) in [5.74, 6) is 2.26. The Morgan fingerprint density at radius 1 is 1.15 bits per heavy atom. The van der Waals surface area contributed by atoms with E-state index in [1.807, 2.05) is 0 Å². The highest BCUT2D eigenvalue weighted by molar-refractivity contribution is 7.18. The Kier molecular flexibility index (Phi) is 5.15. The lowest BCUT2D eigenvalue weighted by Gasteiger charge is -2.35. The lowest BCUT2D eigenvalue weighted by atomic mass is 9.89. The molecule has 4 nitrogen and oxygen atoms in total. The van der Waals surface area contributed by atoms with Gasteiger partial charge in [0.05, 0.1) is 11.4 Å². The second kappa shape index (κ2) is 7.56. The average Bonchev–Trinajstić information content (AvgIpc) is 2.97. The number of hydrogen-bond donors (Lipinski definition) is 1. The molecule has 1 aliphatic rings. The van der Waals surface area contributed by atoms with Gasteiger partial charge in [0.2, 0.25) is 0 Å². The predicted molar refractivity (Wildman–Crippen MR) is 114 cm³/mol.